The number of nitrogen functional groups attached to an aromatic ring is 1. The summed E-state index contributed by atoms with van der Waals surface area (Å²) in [5.41, 5.74) is 9.76. The van der Waals surface area contributed by atoms with Crippen molar-refractivity contribution in [2.75, 3.05) is 5.73 Å². The number of rotatable bonds is 3. The van der Waals surface area contributed by atoms with E-state index in [1.54, 1.807) is 0 Å². The van der Waals surface area contributed by atoms with Gasteiger partial charge in [-0.3, -0.25) is 4.79 Å². The maximum Gasteiger partial charge on any atom is 0.291 e. The Morgan fingerprint density at radius 3 is 2.50 bits per heavy atom. The Kier molecular flexibility index (Phi) is 5.24. The Balaban J connectivity index is 2.15. The molecule has 0 saturated carbocycles. The molecule has 0 aliphatic rings. The van der Waals surface area contributed by atoms with E-state index in [2.05, 4.69) is 15.5 Å². The number of hydrogen-bond acceptors (Lipinski definition) is 4. The lowest BCUT2D eigenvalue weighted by molar-refractivity contribution is 0.0950. The summed E-state index contributed by atoms with van der Waals surface area (Å²) in [7, 11) is 0. The van der Waals surface area contributed by atoms with Crippen molar-refractivity contribution >= 4 is 52.6 Å². The lowest BCUT2D eigenvalue weighted by atomic mass is 10.2. The van der Waals surface area contributed by atoms with E-state index in [-0.39, 0.29) is 26.6 Å². The Hall–Kier alpha value is -1.82. The number of benzene rings is 1. The molecule has 2 rings (SSSR count). The van der Waals surface area contributed by atoms with Crippen LogP contribution in [0.2, 0.25) is 15.2 Å². The summed E-state index contributed by atoms with van der Waals surface area (Å²) in [4.78, 5) is 15.8. The van der Waals surface area contributed by atoms with Crippen molar-refractivity contribution in [1.82, 2.24) is 10.4 Å². The fourth-order valence-electron chi connectivity index (χ4n) is 1.55. The predicted octanol–water partition coefficient (Wildman–Crippen LogP) is 3.70. The van der Waals surface area contributed by atoms with Crippen LogP contribution < -0.4 is 11.2 Å². The fraction of sp³-hybridized carbons (Fsp3) is 0.0714. The Bertz CT molecular complexity index is 745. The first-order valence-electron chi connectivity index (χ1n) is 6.10. The van der Waals surface area contributed by atoms with E-state index in [1.165, 1.54) is 6.21 Å². The monoisotopic (exact) mass is 356 g/mol. The zero-order valence-corrected chi connectivity index (χ0v) is 13.7. The third-order valence-electron chi connectivity index (χ3n) is 2.74. The molecule has 1 aromatic carbocycles. The number of aromatic nitrogens is 1. The molecule has 0 saturated heterocycles. The third kappa shape index (κ3) is 3.68. The summed E-state index contributed by atoms with van der Waals surface area (Å²) < 4.78 is 0. The summed E-state index contributed by atoms with van der Waals surface area (Å²) in [5, 5.41) is 3.66. The minimum absolute atomic E-state index is 0.00371. The number of nitrogens with zero attached hydrogens (tertiary/aromatic N) is 2. The van der Waals surface area contributed by atoms with Crippen molar-refractivity contribution in [3.63, 3.8) is 0 Å². The minimum atomic E-state index is -0.640. The van der Waals surface area contributed by atoms with Gasteiger partial charge in [0.1, 0.15) is 5.02 Å². The zero-order chi connectivity index (χ0) is 16.3. The Morgan fingerprint density at radius 2 is 1.86 bits per heavy atom. The largest absolute Gasteiger partial charge is 0.396 e. The first kappa shape index (κ1) is 16.5. The normalized spacial score (nSPS) is 10.9. The Morgan fingerprint density at radius 1 is 1.23 bits per heavy atom. The molecule has 0 spiro atoms. The van der Waals surface area contributed by atoms with E-state index in [0.29, 0.717) is 0 Å². The van der Waals surface area contributed by atoms with Crippen LogP contribution in [-0.2, 0) is 0 Å². The van der Waals surface area contributed by atoms with Crippen LogP contribution in [-0.4, -0.2) is 17.1 Å². The molecule has 0 aliphatic carbocycles. The highest BCUT2D eigenvalue weighted by atomic mass is 35.5. The molecule has 2 aromatic rings. The quantitative estimate of drug-likeness (QED) is 0.499. The molecule has 114 valence electrons. The van der Waals surface area contributed by atoms with Gasteiger partial charge in [-0.15, -0.1) is 0 Å². The molecule has 0 aliphatic heterocycles. The van der Waals surface area contributed by atoms with E-state index in [4.69, 9.17) is 40.5 Å². The van der Waals surface area contributed by atoms with Gasteiger partial charge >= 0.3 is 0 Å². The van der Waals surface area contributed by atoms with E-state index >= 15 is 0 Å². The van der Waals surface area contributed by atoms with Crippen LogP contribution in [0.4, 0.5) is 5.69 Å². The summed E-state index contributed by atoms with van der Waals surface area (Å²) in [5.74, 6) is -0.640. The number of hydrogen-bond donors (Lipinski definition) is 2. The molecular weight excluding hydrogens is 347 g/mol. The second-order valence-corrected chi connectivity index (χ2v) is 5.52. The highest BCUT2D eigenvalue weighted by Gasteiger charge is 2.19. The molecule has 1 aromatic heterocycles. The summed E-state index contributed by atoms with van der Waals surface area (Å²) in [6.07, 6.45) is 1.49. The molecule has 8 heteroatoms. The van der Waals surface area contributed by atoms with Crippen molar-refractivity contribution in [1.29, 1.82) is 0 Å². The number of pyridine rings is 1. The summed E-state index contributed by atoms with van der Waals surface area (Å²) >= 11 is 17.5. The van der Waals surface area contributed by atoms with Crippen LogP contribution in [0.3, 0.4) is 0 Å². The number of aryl methyl sites for hydroxylation is 1. The van der Waals surface area contributed by atoms with Gasteiger partial charge in [0.2, 0.25) is 0 Å². The number of carbonyl (C=O) groups is 1. The average Bonchev–Trinajstić information content (AvgIpc) is 2.50. The summed E-state index contributed by atoms with van der Waals surface area (Å²) in [6, 6.07) is 7.60. The van der Waals surface area contributed by atoms with E-state index < -0.39 is 5.91 Å². The van der Waals surface area contributed by atoms with Gasteiger partial charge < -0.3 is 5.73 Å². The number of nitrogens with one attached hydrogen (secondary N) is 1. The lowest BCUT2D eigenvalue weighted by Gasteiger charge is -2.07. The van der Waals surface area contributed by atoms with Gasteiger partial charge in [0.15, 0.2) is 10.8 Å². The Labute approximate surface area is 142 Å². The van der Waals surface area contributed by atoms with Crippen LogP contribution in [0, 0.1) is 6.92 Å². The molecular formula is C14H11Cl3N4O. The summed E-state index contributed by atoms with van der Waals surface area (Å²) in [6.45, 7) is 1.98. The van der Waals surface area contributed by atoms with Crippen LogP contribution in [0.1, 0.15) is 21.6 Å². The lowest BCUT2D eigenvalue weighted by Crippen LogP contribution is -2.20. The van der Waals surface area contributed by atoms with E-state index in [9.17, 15) is 4.79 Å². The maximum absolute atomic E-state index is 12.0. The second-order valence-electron chi connectivity index (χ2n) is 4.40. The van der Waals surface area contributed by atoms with Gasteiger partial charge in [-0.2, -0.15) is 5.10 Å². The van der Waals surface area contributed by atoms with Crippen molar-refractivity contribution in [2.45, 2.75) is 6.92 Å². The molecule has 3 N–H and O–H groups in total. The molecule has 0 bridgehead atoms. The van der Waals surface area contributed by atoms with Crippen molar-refractivity contribution in [2.24, 2.45) is 5.10 Å². The van der Waals surface area contributed by atoms with E-state index in [1.807, 2.05) is 31.2 Å². The molecule has 1 heterocycles. The topological polar surface area (TPSA) is 80.4 Å². The number of anilines is 1. The van der Waals surface area contributed by atoms with Gasteiger partial charge in [-0.25, -0.2) is 10.4 Å². The third-order valence-corrected chi connectivity index (χ3v) is 3.88. The van der Waals surface area contributed by atoms with Gasteiger partial charge in [-0.05, 0) is 12.5 Å². The van der Waals surface area contributed by atoms with Crippen LogP contribution in [0.25, 0.3) is 0 Å². The molecule has 5 nitrogen and oxygen atoms in total. The van der Waals surface area contributed by atoms with Crippen molar-refractivity contribution < 1.29 is 4.79 Å². The van der Waals surface area contributed by atoms with Crippen LogP contribution >= 0.6 is 34.8 Å². The standard InChI is InChI=1S/C14H11Cl3N4O/c1-7-2-4-8(5-3-7)6-19-21-14(22)12-9(15)11(18)10(16)13(17)20-12/h2-6H,1H3,(H2,18,20)(H,21,22). The molecule has 1 amide bonds. The molecule has 22 heavy (non-hydrogen) atoms. The average molecular weight is 358 g/mol. The fourth-order valence-corrected chi connectivity index (χ4v) is 2.15. The van der Waals surface area contributed by atoms with E-state index in [0.717, 1.165) is 11.1 Å². The van der Waals surface area contributed by atoms with Gasteiger partial charge in [-0.1, -0.05) is 64.6 Å². The van der Waals surface area contributed by atoms with Crippen molar-refractivity contribution in [3.05, 3.63) is 56.3 Å². The molecule has 0 atom stereocenters. The van der Waals surface area contributed by atoms with Crippen molar-refractivity contribution in [3.8, 4) is 0 Å². The SMILES string of the molecule is Cc1ccc(C=NNC(=O)c2nc(Cl)c(Cl)c(N)c2Cl)cc1. The highest BCUT2D eigenvalue weighted by Crippen LogP contribution is 2.34. The van der Waals surface area contributed by atoms with Crippen LogP contribution in [0.5, 0.6) is 0 Å². The van der Waals surface area contributed by atoms with Gasteiger partial charge in [0.25, 0.3) is 5.91 Å². The number of hydrazone groups is 1. The first-order valence-corrected chi connectivity index (χ1v) is 7.23. The predicted molar refractivity (Wildman–Crippen MR) is 89.9 cm³/mol. The molecule has 0 fully saturated rings. The van der Waals surface area contributed by atoms with Gasteiger partial charge in [0.05, 0.1) is 16.9 Å². The molecule has 0 radical (unpaired) electrons. The highest BCUT2D eigenvalue weighted by molar-refractivity contribution is 6.46. The molecule has 0 unspecified atom stereocenters. The first-order chi connectivity index (χ1) is 10.4. The number of nitrogens with two attached hydrogens (primary N) is 1. The minimum Gasteiger partial charge on any atom is -0.396 e. The second kappa shape index (κ2) is 6.96. The number of halogens is 3. The maximum atomic E-state index is 12.0. The smallest absolute Gasteiger partial charge is 0.291 e. The number of amides is 1. The van der Waals surface area contributed by atoms with Crippen LogP contribution in [0.15, 0.2) is 29.4 Å². The number of carbonyl (C=O) groups excluding carboxylic acids is 1. The zero-order valence-electron chi connectivity index (χ0n) is 11.4. The van der Waals surface area contributed by atoms with Gasteiger partial charge in [0, 0.05) is 0 Å².